The molecule has 6 heavy (non-hydrogen) atoms. The van der Waals surface area contributed by atoms with Gasteiger partial charge in [0, 0.05) is 0 Å². The summed E-state index contributed by atoms with van der Waals surface area (Å²) in [6, 6.07) is 0. The molecule has 0 bridgehead atoms. The van der Waals surface area contributed by atoms with Gasteiger partial charge in [-0.2, -0.15) is 0 Å². The summed E-state index contributed by atoms with van der Waals surface area (Å²) >= 11 is -1.86. The third kappa shape index (κ3) is 7830. The highest BCUT2D eigenvalue weighted by Crippen LogP contribution is 1.45. The molecule has 0 heterocycles. The van der Waals surface area contributed by atoms with Crippen molar-refractivity contribution in [2.24, 2.45) is 5.73 Å². The third-order valence-corrected chi connectivity index (χ3v) is 0. The van der Waals surface area contributed by atoms with Gasteiger partial charge in [0.25, 0.3) is 0 Å². The normalized spacial score (nSPS) is 11.3. The van der Waals surface area contributed by atoms with E-state index in [1.54, 1.807) is 0 Å². The number of rotatable bonds is 0. The van der Waals surface area contributed by atoms with Gasteiger partial charge in [0.1, 0.15) is 0 Å². The molecule has 3 nitrogen and oxygen atoms in total. The standard InChI is InChI=1S/CH5N.CH4O2S/c1-2;1-4(2)3/h2H2,1H3;1H3,(H,2,3)/p-1. The average Bonchev–Trinajstić information content (AvgIpc) is 1.41. The molecule has 4 heteroatoms. The van der Waals surface area contributed by atoms with Crippen LogP contribution in [0.25, 0.3) is 0 Å². The Morgan fingerprint density at radius 1 is 1.67 bits per heavy atom. The van der Waals surface area contributed by atoms with Gasteiger partial charge in [0.2, 0.25) is 0 Å². The second-order valence-electron chi connectivity index (χ2n) is 0.401. The topological polar surface area (TPSA) is 66.2 Å². The summed E-state index contributed by atoms with van der Waals surface area (Å²) in [5, 5.41) is 0. The fourth-order valence-corrected chi connectivity index (χ4v) is 0. The monoisotopic (exact) mass is 110 g/mol. The molecule has 1 unspecified atom stereocenters. The van der Waals surface area contributed by atoms with Crippen molar-refractivity contribution in [2.45, 2.75) is 0 Å². The predicted octanol–water partition coefficient (Wildman–Crippen LogP) is -0.930. The van der Waals surface area contributed by atoms with Crippen LogP contribution in [0.2, 0.25) is 0 Å². The largest absolute Gasteiger partial charge is 0.773 e. The van der Waals surface area contributed by atoms with E-state index in [-0.39, 0.29) is 0 Å². The van der Waals surface area contributed by atoms with Crippen molar-refractivity contribution < 1.29 is 8.76 Å². The van der Waals surface area contributed by atoms with Gasteiger partial charge in [0.05, 0.1) is 0 Å². The zero-order chi connectivity index (χ0) is 5.58. The molecule has 1 atom stereocenters. The molecule has 0 aromatic rings. The van der Waals surface area contributed by atoms with Crippen LogP contribution < -0.4 is 5.73 Å². The maximum absolute atomic E-state index is 9.00. The Morgan fingerprint density at radius 3 is 1.67 bits per heavy atom. The molecule has 0 rings (SSSR count). The van der Waals surface area contributed by atoms with E-state index in [4.69, 9.17) is 8.76 Å². The molecule has 2 N–H and O–H groups in total. The fourth-order valence-electron chi connectivity index (χ4n) is 0. The van der Waals surface area contributed by atoms with Crippen molar-refractivity contribution in [1.82, 2.24) is 0 Å². The van der Waals surface area contributed by atoms with E-state index in [9.17, 15) is 0 Å². The summed E-state index contributed by atoms with van der Waals surface area (Å²) in [6.45, 7) is 0. The Morgan fingerprint density at radius 2 is 1.67 bits per heavy atom. The Hall–Kier alpha value is 0.0700. The van der Waals surface area contributed by atoms with Crippen LogP contribution in [-0.4, -0.2) is 22.1 Å². The lowest BCUT2D eigenvalue weighted by Gasteiger charge is -1.85. The first kappa shape index (κ1) is 9.42. The van der Waals surface area contributed by atoms with Crippen LogP contribution in [0.5, 0.6) is 0 Å². The van der Waals surface area contributed by atoms with Crippen LogP contribution >= 0.6 is 0 Å². The molecular formula is C2H8NO2S-. The van der Waals surface area contributed by atoms with Crippen LogP contribution in [0.4, 0.5) is 0 Å². The zero-order valence-electron chi connectivity index (χ0n) is 3.80. The summed E-state index contributed by atoms with van der Waals surface area (Å²) in [6.07, 6.45) is 1.08. The molecular weight excluding hydrogens is 102 g/mol. The van der Waals surface area contributed by atoms with Gasteiger partial charge in [-0.3, -0.25) is 4.21 Å². The minimum Gasteiger partial charge on any atom is -0.773 e. The number of hydrogen-bond acceptors (Lipinski definition) is 3. The molecule has 0 aromatic heterocycles. The molecule has 40 valence electrons. The van der Waals surface area contributed by atoms with Crippen LogP contribution in [0.3, 0.4) is 0 Å². The Labute approximate surface area is 39.8 Å². The van der Waals surface area contributed by atoms with E-state index in [2.05, 4.69) is 5.73 Å². The SMILES string of the molecule is CN.CS(=O)[O-]. The fraction of sp³-hybridized carbons (Fsp3) is 1.00. The highest BCUT2D eigenvalue weighted by Gasteiger charge is 1.41. The van der Waals surface area contributed by atoms with E-state index < -0.39 is 11.1 Å². The van der Waals surface area contributed by atoms with Crippen LogP contribution in [0, 0.1) is 0 Å². The minimum absolute atomic E-state index is 1.08. The number of hydrogen-bond donors (Lipinski definition) is 1. The van der Waals surface area contributed by atoms with Gasteiger partial charge in [0.15, 0.2) is 0 Å². The van der Waals surface area contributed by atoms with Crippen LogP contribution in [0.15, 0.2) is 0 Å². The van der Waals surface area contributed by atoms with Crippen molar-refractivity contribution in [2.75, 3.05) is 13.3 Å². The minimum atomic E-state index is -1.86. The van der Waals surface area contributed by atoms with Crippen molar-refractivity contribution >= 4 is 11.1 Å². The molecule has 0 radical (unpaired) electrons. The van der Waals surface area contributed by atoms with Gasteiger partial charge in [-0.05, 0) is 13.3 Å². The smallest absolute Gasteiger partial charge is 0.00142 e. The third-order valence-electron chi connectivity index (χ3n) is 0. The van der Waals surface area contributed by atoms with Crippen LogP contribution in [0.1, 0.15) is 0 Å². The first-order valence-electron chi connectivity index (χ1n) is 1.32. The molecule has 0 aliphatic heterocycles. The molecule has 0 aliphatic carbocycles. The molecule has 0 amide bonds. The summed E-state index contributed by atoms with van der Waals surface area (Å²) in [5.41, 5.74) is 4.50. The van der Waals surface area contributed by atoms with E-state index in [1.807, 2.05) is 0 Å². The molecule has 0 aliphatic rings. The van der Waals surface area contributed by atoms with Gasteiger partial charge in [-0.25, -0.2) is 0 Å². The second kappa shape index (κ2) is 8.91. The van der Waals surface area contributed by atoms with Crippen molar-refractivity contribution in [3.63, 3.8) is 0 Å². The van der Waals surface area contributed by atoms with E-state index >= 15 is 0 Å². The Bertz CT molecular complexity index is 34.5. The van der Waals surface area contributed by atoms with Crippen LogP contribution in [-0.2, 0) is 11.1 Å². The van der Waals surface area contributed by atoms with E-state index in [1.165, 1.54) is 7.05 Å². The maximum Gasteiger partial charge on any atom is -0.00142 e. The first-order chi connectivity index (χ1) is 2.73. The molecule has 0 saturated heterocycles. The van der Waals surface area contributed by atoms with Gasteiger partial charge < -0.3 is 10.3 Å². The highest BCUT2D eigenvalue weighted by molar-refractivity contribution is 7.78. The molecule has 0 spiro atoms. The molecule has 0 saturated carbocycles. The van der Waals surface area contributed by atoms with E-state index in [0.717, 1.165) is 6.26 Å². The Balaban J connectivity index is 0. The lowest BCUT2D eigenvalue weighted by atomic mass is 11.6. The number of nitrogens with two attached hydrogens (primary N) is 1. The van der Waals surface area contributed by atoms with Gasteiger partial charge >= 0.3 is 0 Å². The summed E-state index contributed by atoms with van der Waals surface area (Å²) < 4.78 is 18.0. The van der Waals surface area contributed by atoms with Crippen molar-refractivity contribution in [3.05, 3.63) is 0 Å². The lowest BCUT2D eigenvalue weighted by Crippen LogP contribution is -1.73. The average molecular weight is 110 g/mol. The van der Waals surface area contributed by atoms with Gasteiger partial charge in [-0.1, -0.05) is 11.1 Å². The maximum atomic E-state index is 9.00. The zero-order valence-corrected chi connectivity index (χ0v) is 4.62. The lowest BCUT2D eigenvalue weighted by molar-refractivity contribution is 0.543. The van der Waals surface area contributed by atoms with Crippen molar-refractivity contribution in [1.29, 1.82) is 0 Å². The molecule has 0 fully saturated rings. The summed E-state index contributed by atoms with van der Waals surface area (Å²) in [7, 11) is 1.50. The van der Waals surface area contributed by atoms with E-state index in [0.29, 0.717) is 0 Å². The summed E-state index contributed by atoms with van der Waals surface area (Å²) in [5.74, 6) is 0. The highest BCUT2D eigenvalue weighted by atomic mass is 32.2. The Kier molecular flexibility index (Phi) is 14.0. The van der Waals surface area contributed by atoms with Gasteiger partial charge in [-0.15, -0.1) is 0 Å². The quantitative estimate of drug-likeness (QED) is 0.410. The van der Waals surface area contributed by atoms with Crippen molar-refractivity contribution in [3.8, 4) is 0 Å². The predicted molar refractivity (Wildman–Crippen MR) is 25.0 cm³/mol. The first-order valence-corrected chi connectivity index (χ1v) is 2.80. The summed E-state index contributed by atoms with van der Waals surface area (Å²) in [4.78, 5) is 0. The second-order valence-corrected chi connectivity index (χ2v) is 1.20. The molecule has 0 aromatic carbocycles.